The van der Waals surface area contributed by atoms with E-state index >= 15 is 0 Å². The van der Waals surface area contributed by atoms with Crippen LogP contribution in [0.5, 0.6) is 0 Å². The fourth-order valence-corrected chi connectivity index (χ4v) is 4.16. The van der Waals surface area contributed by atoms with Gasteiger partial charge in [0, 0.05) is 16.8 Å². The lowest BCUT2D eigenvalue weighted by Crippen LogP contribution is -2.46. The third-order valence-corrected chi connectivity index (χ3v) is 5.65. The number of halogens is 1. The molecule has 1 heterocycles. The van der Waals surface area contributed by atoms with Crippen molar-refractivity contribution in [1.82, 2.24) is 10.6 Å². The summed E-state index contributed by atoms with van der Waals surface area (Å²) in [6.07, 6.45) is 4.74. The summed E-state index contributed by atoms with van der Waals surface area (Å²) in [5, 5.41) is 7.18. The van der Waals surface area contributed by atoms with Crippen molar-refractivity contribution in [2.45, 2.75) is 64.1 Å². The lowest BCUT2D eigenvalue weighted by molar-refractivity contribution is -0.124. The molecule has 1 amide bonds. The van der Waals surface area contributed by atoms with Gasteiger partial charge in [-0.3, -0.25) is 14.9 Å². The van der Waals surface area contributed by atoms with Crippen LogP contribution in [-0.4, -0.2) is 28.9 Å². The molecule has 1 aliphatic rings. The molecule has 1 saturated heterocycles. The Balaban J connectivity index is 2.15. The van der Waals surface area contributed by atoms with E-state index in [1.807, 2.05) is 12.1 Å². The fraction of sp³-hybridized carbons (Fsp3) is 0.579. The second kappa shape index (κ2) is 10.2. The highest BCUT2D eigenvalue weighted by Crippen LogP contribution is 2.24. The van der Waals surface area contributed by atoms with Crippen LogP contribution in [0, 0.1) is 0 Å². The largest absolute Gasteiger partial charge is 0.352 e. The third kappa shape index (κ3) is 6.01. The molecule has 1 aromatic rings. The van der Waals surface area contributed by atoms with Crippen molar-refractivity contribution in [2.24, 2.45) is 0 Å². The Morgan fingerprint density at radius 1 is 1.24 bits per heavy atom. The smallest absolute Gasteiger partial charge is 0.241 e. The summed E-state index contributed by atoms with van der Waals surface area (Å²) in [7, 11) is 0. The maximum Gasteiger partial charge on any atom is 0.241 e. The van der Waals surface area contributed by atoms with Crippen LogP contribution >= 0.6 is 23.4 Å². The van der Waals surface area contributed by atoms with Crippen molar-refractivity contribution in [2.75, 3.05) is 5.75 Å². The van der Waals surface area contributed by atoms with Gasteiger partial charge in [0.25, 0.3) is 0 Å². The van der Waals surface area contributed by atoms with Crippen molar-refractivity contribution >= 4 is 34.4 Å². The maximum atomic E-state index is 13.0. The van der Waals surface area contributed by atoms with Gasteiger partial charge in [-0.15, -0.1) is 0 Å². The number of rotatable bonds is 9. The van der Waals surface area contributed by atoms with Gasteiger partial charge in [-0.25, -0.2) is 0 Å². The van der Waals surface area contributed by atoms with E-state index in [2.05, 4.69) is 24.5 Å². The molecule has 0 radical (unpaired) electrons. The predicted octanol–water partition coefficient (Wildman–Crippen LogP) is 4.09. The summed E-state index contributed by atoms with van der Waals surface area (Å²) in [6, 6.07) is 6.61. The molecule has 0 spiro atoms. The number of nitrogens with one attached hydrogen (secondary N) is 2. The minimum absolute atomic E-state index is 0.0704. The molecular formula is C19H27ClN2O2S. The zero-order valence-corrected chi connectivity index (χ0v) is 16.5. The first-order chi connectivity index (χ1) is 12.0. The van der Waals surface area contributed by atoms with Gasteiger partial charge in [-0.05, 0) is 37.0 Å². The van der Waals surface area contributed by atoms with Gasteiger partial charge in [0.15, 0.2) is 0 Å². The van der Waals surface area contributed by atoms with E-state index < -0.39 is 6.04 Å². The Kier molecular flexibility index (Phi) is 8.27. The standard InChI is InChI=1S/C19H27ClN2O2S/c1-3-5-15(6-4-2)21-18(23)17(13-7-9-14(20)10-8-13)22-16-11-12-25-19(16)24/h7-10,15-17,22H,3-6,11-12H2,1-2H3,(H,21,23)/t16-,17+/m0/s1. The number of thioether (sulfide) groups is 1. The summed E-state index contributed by atoms with van der Waals surface area (Å²) >= 11 is 7.31. The minimum atomic E-state index is -0.541. The average Bonchev–Trinajstić information content (AvgIpc) is 2.99. The summed E-state index contributed by atoms with van der Waals surface area (Å²) < 4.78 is 0. The van der Waals surface area contributed by atoms with Crippen LogP contribution in [-0.2, 0) is 9.59 Å². The van der Waals surface area contributed by atoms with Crippen LogP contribution in [0.3, 0.4) is 0 Å². The molecule has 1 aromatic carbocycles. The zero-order valence-electron chi connectivity index (χ0n) is 14.9. The summed E-state index contributed by atoms with van der Waals surface area (Å²) in [5.74, 6) is 0.735. The monoisotopic (exact) mass is 382 g/mol. The normalized spacial score (nSPS) is 18.6. The van der Waals surface area contributed by atoms with E-state index in [1.165, 1.54) is 11.8 Å². The minimum Gasteiger partial charge on any atom is -0.352 e. The number of hydrogen-bond acceptors (Lipinski definition) is 4. The summed E-state index contributed by atoms with van der Waals surface area (Å²) in [6.45, 7) is 4.25. The zero-order chi connectivity index (χ0) is 18.2. The Bertz CT molecular complexity index is 573. The molecule has 2 rings (SSSR count). The topological polar surface area (TPSA) is 58.2 Å². The molecular weight excluding hydrogens is 356 g/mol. The maximum absolute atomic E-state index is 13.0. The van der Waals surface area contributed by atoms with Crippen LogP contribution in [0.2, 0.25) is 5.02 Å². The lowest BCUT2D eigenvalue weighted by Gasteiger charge is -2.25. The van der Waals surface area contributed by atoms with Crippen molar-refractivity contribution in [3.8, 4) is 0 Å². The van der Waals surface area contributed by atoms with E-state index in [0.717, 1.165) is 43.4 Å². The second-order valence-corrected chi connectivity index (χ2v) is 7.98. The van der Waals surface area contributed by atoms with Gasteiger partial charge in [0.2, 0.25) is 11.0 Å². The molecule has 25 heavy (non-hydrogen) atoms. The molecule has 1 fully saturated rings. The molecule has 0 bridgehead atoms. The van der Waals surface area contributed by atoms with E-state index in [-0.39, 0.29) is 23.1 Å². The molecule has 138 valence electrons. The van der Waals surface area contributed by atoms with Crippen molar-refractivity contribution in [1.29, 1.82) is 0 Å². The summed E-state index contributed by atoms with van der Waals surface area (Å²) in [4.78, 5) is 25.0. The predicted molar refractivity (Wildman–Crippen MR) is 105 cm³/mol. The fourth-order valence-electron chi connectivity index (χ4n) is 3.10. The molecule has 0 unspecified atom stereocenters. The van der Waals surface area contributed by atoms with Crippen LogP contribution in [0.1, 0.15) is 57.6 Å². The molecule has 1 aliphatic heterocycles. The van der Waals surface area contributed by atoms with Gasteiger partial charge in [0.05, 0.1) is 6.04 Å². The van der Waals surface area contributed by atoms with Gasteiger partial charge in [0.1, 0.15) is 6.04 Å². The van der Waals surface area contributed by atoms with Crippen molar-refractivity contribution in [3.63, 3.8) is 0 Å². The SMILES string of the molecule is CCCC(CCC)NC(=O)[C@H](N[C@H]1CCSC1=O)c1ccc(Cl)cc1. The number of hydrogen-bond donors (Lipinski definition) is 2. The van der Waals surface area contributed by atoms with Crippen LogP contribution < -0.4 is 10.6 Å². The molecule has 2 N–H and O–H groups in total. The molecule has 4 nitrogen and oxygen atoms in total. The number of carbonyl (C=O) groups is 2. The van der Waals surface area contributed by atoms with Gasteiger partial charge in [-0.2, -0.15) is 0 Å². The Labute approximate surface area is 159 Å². The number of benzene rings is 1. The summed E-state index contributed by atoms with van der Waals surface area (Å²) in [5.41, 5.74) is 0.832. The quantitative estimate of drug-likeness (QED) is 0.675. The number of carbonyl (C=O) groups excluding carboxylic acids is 2. The van der Waals surface area contributed by atoms with Gasteiger partial charge >= 0.3 is 0 Å². The van der Waals surface area contributed by atoms with E-state index in [0.29, 0.717) is 5.02 Å². The van der Waals surface area contributed by atoms with Crippen molar-refractivity contribution in [3.05, 3.63) is 34.9 Å². The molecule has 0 aliphatic carbocycles. The van der Waals surface area contributed by atoms with Gasteiger partial charge < -0.3 is 5.32 Å². The first-order valence-corrected chi connectivity index (χ1v) is 10.4. The Morgan fingerprint density at radius 2 is 1.88 bits per heavy atom. The third-order valence-electron chi connectivity index (χ3n) is 4.39. The molecule has 2 atom stereocenters. The van der Waals surface area contributed by atoms with Crippen LogP contribution in [0.25, 0.3) is 0 Å². The highest BCUT2D eigenvalue weighted by Gasteiger charge is 2.31. The van der Waals surface area contributed by atoms with Gasteiger partial charge in [-0.1, -0.05) is 62.2 Å². The average molecular weight is 383 g/mol. The van der Waals surface area contributed by atoms with Crippen molar-refractivity contribution < 1.29 is 9.59 Å². The highest BCUT2D eigenvalue weighted by atomic mass is 35.5. The first-order valence-electron chi connectivity index (χ1n) is 9.03. The number of amides is 1. The van der Waals surface area contributed by atoms with Crippen LogP contribution in [0.15, 0.2) is 24.3 Å². The first kappa shape index (κ1) is 20.3. The molecule has 0 saturated carbocycles. The van der Waals surface area contributed by atoms with E-state index in [4.69, 9.17) is 11.6 Å². The Morgan fingerprint density at radius 3 is 2.40 bits per heavy atom. The highest BCUT2D eigenvalue weighted by molar-refractivity contribution is 8.14. The van der Waals surface area contributed by atoms with E-state index in [9.17, 15) is 9.59 Å². The molecule has 6 heteroatoms. The Hall–Kier alpha value is -1.04. The van der Waals surface area contributed by atoms with E-state index in [1.54, 1.807) is 12.1 Å². The lowest BCUT2D eigenvalue weighted by atomic mass is 10.0. The van der Waals surface area contributed by atoms with Crippen LogP contribution in [0.4, 0.5) is 0 Å². The molecule has 0 aromatic heterocycles. The second-order valence-electron chi connectivity index (χ2n) is 6.44.